The molecule has 49 heavy (non-hydrogen) atoms. The molecular formula is C32H37F3N10O3S. The zero-order valence-corrected chi connectivity index (χ0v) is 28.0. The number of carbonyl (C=O) groups excluding carboxylic acids is 1. The monoisotopic (exact) mass is 698 g/mol. The van der Waals surface area contributed by atoms with Crippen LogP contribution in [-0.4, -0.2) is 92.8 Å². The number of anilines is 4. The van der Waals surface area contributed by atoms with Crippen molar-refractivity contribution in [2.24, 2.45) is 0 Å². The Morgan fingerprint density at radius 2 is 1.78 bits per heavy atom. The van der Waals surface area contributed by atoms with Crippen molar-refractivity contribution in [1.82, 2.24) is 33.9 Å². The molecule has 6 rings (SSSR count). The Kier molecular flexibility index (Phi) is 9.59. The van der Waals surface area contributed by atoms with Crippen LogP contribution < -0.4 is 16.0 Å². The van der Waals surface area contributed by atoms with Gasteiger partial charge in [0.05, 0.1) is 40.0 Å². The highest BCUT2D eigenvalue weighted by atomic mass is 32.2. The maximum Gasteiger partial charge on any atom is 0.416 e. The molecule has 1 aromatic carbocycles. The van der Waals surface area contributed by atoms with Gasteiger partial charge >= 0.3 is 6.18 Å². The lowest BCUT2D eigenvalue weighted by Crippen LogP contribution is -2.43. The van der Waals surface area contributed by atoms with Crippen LogP contribution in [0, 0.1) is 0 Å². The van der Waals surface area contributed by atoms with E-state index in [2.05, 4.69) is 45.8 Å². The number of benzene rings is 1. The Labute approximate surface area is 282 Å². The average Bonchev–Trinajstić information content (AvgIpc) is 3.78. The van der Waals surface area contributed by atoms with Gasteiger partial charge in [-0.25, -0.2) is 23.4 Å². The summed E-state index contributed by atoms with van der Waals surface area (Å²) in [5.41, 5.74) is 0.586. The first-order valence-electron chi connectivity index (χ1n) is 15.8. The number of nitrogens with zero attached hydrogens (tertiary/aromatic N) is 7. The Morgan fingerprint density at radius 1 is 1.02 bits per heavy atom. The number of aromatic nitrogens is 5. The first-order valence-corrected chi connectivity index (χ1v) is 17.3. The molecule has 3 N–H and O–H groups in total. The zero-order valence-electron chi connectivity index (χ0n) is 27.2. The van der Waals surface area contributed by atoms with E-state index in [0.29, 0.717) is 47.8 Å². The van der Waals surface area contributed by atoms with Crippen molar-refractivity contribution in [2.45, 2.75) is 50.7 Å². The predicted octanol–water partition coefficient (Wildman–Crippen LogP) is 4.66. The number of pyridine rings is 1. The second-order valence-corrected chi connectivity index (χ2v) is 14.7. The molecule has 1 saturated carbocycles. The first-order chi connectivity index (χ1) is 23.2. The standard InChI is InChI=1S/C32H37F3N10O3S/c1-20(2)39-27-15-29(41-28-6-7-36-30(42-28)22-16-38-45(19-22)49(47,48)25-4-5-25)37-17-26(27)31(46)40-24-13-21(12-23(14-24)32(33,34)35)18-44-10-8-43(3)9-11-44/h6-7,12-17,19-20,25H,4-5,8-11,18H2,1-3H3,(H,40,46)(H2,36,37,39,41,42). The fourth-order valence-electron chi connectivity index (χ4n) is 5.39. The molecule has 0 radical (unpaired) electrons. The van der Waals surface area contributed by atoms with E-state index in [1.54, 1.807) is 18.2 Å². The quantitative estimate of drug-likeness (QED) is 0.201. The van der Waals surface area contributed by atoms with Gasteiger partial charge in [-0.15, -0.1) is 0 Å². The molecule has 1 amide bonds. The maximum absolute atomic E-state index is 13.9. The van der Waals surface area contributed by atoms with Gasteiger partial charge in [0, 0.05) is 62.9 Å². The van der Waals surface area contributed by atoms with Crippen molar-refractivity contribution in [2.75, 3.05) is 49.2 Å². The third-order valence-corrected chi connectivity index (χ3v) is 10.1. The van der Waals surface area contributed by atoms with E-state index in [1.807, 2.05) is 20.9 Å². The molecule has 0 atom stereocenters. The Balaban J connectivity index is 1.21. The molecule has 13 nitrogen and oxygen atoms in total. The Bertz CT molecular complexity index is 1940. The fourth-order valence-corrected chi connectivity index (χ4v) is 6.87. The fraction of sp³-hybridized carbons (Fsp3) is 0.406. The van der Waals surface area contributed by atoms with Gasteiger partial charge in [-0.2, -0.15) is 22.4 Å². The molecule has 1 aliphatic heterocycles. The van der Waals surface area contributed by atoms with Gasteiger partial charge in [-0.1, -0.05) is 0 Å². The Hall–Kier alpha value is -4.61. The van der Waals surface area contributed by atoms with Crippen LogP contribution in [0.1, 0.15) is 48.2 Å². The minimum Gasteiger partial charge on any atom is -0.382 e. The van der Waals surface area contributed by atoms with Crippen molar-refractivity contribution in [1.29, 1.82) is 0 Å². The van der Waals surface area contributed by atoms with Gasteiger partial charge in [-0.3, -0.25) is 9.69 Å². The van der Waals surface area contributed by atoms with Crippen LogP contribution in [0.5, 0.6) is 0 Å². The van der Waals surface area contributed by atoms with Gasteiger partial charge < -0.3 is 20.9 Å². The van der Waals surface area contributed by atoms with Crippen LogP contribution >= 0.6 is 0 Å². The van der Waals surface area contributed by atoms with E-state index < -0.39 is 32.9 Å². The first kappa shape index (κ1) is 34.3. The molecule has 260 valence electrons. The second-order valence-electron chi connectivity index (χ2n) is 12.6. The van der Waals surface area contributed by atoms with E-state index in [1.165, 1.54) is 24.8 Å². The molecule has 0 bridgehead atoms. The third-order valence-electron chi connectivity index (χ3n) is 8.11. The van der Waals surface area contributed by atoms with Crippen molar-refractivity contribution < 1.29 is 26.4 Å². The summed E-state index contributed by atoms with van der Waals surface area (Å²) in [6, 6.07) is 6.73. The van der Waals surface area contributed by atoms with Crippen LogP contribution in [0.15, 0.2) is 55.1 Å². The molecule has 2 fully saturated rings. The summed E-state index contributed by atoms with van der Waals surface area (Å²) in [6.07, 6.45) is 2.22. The zero-order chi connectivity index (χ0) is 34.9. The number of nitrogens with one attached hydrogen (secondary N) is 3. The molecule has 1 saturated heterocycles. The van der Waals surface area contributed by atoms with Crippen molar-refractivity contribution in [3.8, 4) is 11.4 Å². The normalized spacial score (nSPS) is 16.1. The van der Waals surface area contributed by atoms with Gasteiger partial charge in [0.1, 0.15) is 11.6 Å². The number of alkyl halides is 3. The maximum atomic E-state index is 13.9. The highest BCUT2D eigenvalue weighted by molar-refractivity contribution is 7.90. The van der Waals surface area contributed by atoms with Crippen LogP contribution in [0.3, 0.4) is 0 Å². The number of likely N-dealkylation sites (N-methyl/N-ethyl adjacent to an activating group) is 1. The number of piperazine rings is 1. The second kappa shape index (κ2) is 13.7. The van der Waals surface area contributed by atoms with Gasteiger partial charge in [0.15, 0.2) is 5.82 Å². The van der Waals surface area contributed by atoms with Crippen LogP contribution in [0.4, 0.5) is 36.2 Å². The molecule has 2 aliphatic rings. The number of hydrogen-bond donors (Lipinski definition) is 3. The molecule has 3 aromatic heterocycles. The van der Waals surface area contributed by atoms with E-state index in [4.69, 9.17) is 0 Å². The lowest BCUT2D eigenvalue weighted by molar-refractivity contribution is -0.137. The van der Waals surface area contributed by atoms with Gasteiger partial charge in [-0.05, 0) is 63.6 Å². The van der Waals surface area contributed by atoms with E-state index in [9.17, 15) is 26.4 Å². The third kappa shape index (κ3) is 8.34. The summed E-state index contributed by atoms with van der Waals surface area (Å²) in [5, 5.41) is 12.5. The van der Waals surface area contributed by atoms with Crippen LogP contribution in [-0.2, 0) is 22.7 Å². The van der Waals surface area contributed by atoms with E-state index in [0.717, 1.165) is 42.4 Å². The molecule has 17 heteroatoms. The number of halogens is 3. The molecule has 1 aliphatic carbocycles. The molecule has 4 aromatic rings. The molecular weight excluding hydrogens is 661 g/mol. The lowest BCUT2D eigenvalue weighted by Gasteiger charge is -2.32. The Morgan fingerprint density at radius 3 is 2.47 bits per heavy atom. The van der Waals surface area contributed by atoms with Crippen molar-refractivity contribution in [3.63, 3.8) is 0 Å². The van der Waals surface area contributed by atoms with E-state index in [-0.39, 0.29) is 23.1 Å². The minimum atomic E-state index is -4.59. The van der Waals surface area contributed by atoms with Crippen molar-refractivity contribution in [3.05, 3.63) is 71.8 Å². The minimum absolute atomic E-state index is 0.0309. The van der Waals surface area contributed by atoms with Crippen LogP contribution in [0.2, 0.25) is 0 Å². The summed E-state index contributed by atoms with van der Waals surface area (Å²) in [4.78, 5) is 30.9. The van der Waals surface area contributed by atoms with Gasteiger partial charge in [0.25, 0.3) is 15.9 Å². The topological polar surface area (TPSA) is 150 Å². The highest BCUT2D eigenvalue weighted by Gasteiger charge is 2.38. The number of hydrogen-bond acceptors (Lipinski definition) is 11. The summed E-state index contributed by atoms with van der Waals surface area (Å²) >= 11 is 0. The lowest BCUT2D eigenvalue weighted by atomic mass is 10.1. The molecule has 4 heterocycles. The van der Waals surface area contributed by atoms with E-state index >= 15 is 0 Å². The SMILES string of the molecule is CC(C)Nc1cc(Nc2ccnc(-c3cnn(S(=O)(=O)C4CC4)c3)n2)ncc1C(=O)Nc1cc(CN2CCN(C)CC2)cc(C(F)(F)F)c1. The molecule has 0 spiro atoms. The number of rotatable bonds is 11. The summed E-state index contributed by atoms with van der Waals surface area (Å²) in [5.74, 6) is 0.283. The average molecular weight is 699 g/mol. The van der Waals surface area contributed by atoms with Crippen molar-refractivity contribution >= 4 is 38.9 Å². The largest absolute Gasteiger partial charge is 0.416 e. The number of amides is 1. The van der Waals surface area contributed by atoms with Gasteiger partial charge in [0.2, 0.25) is 0 Å². The van der Waals surface area contributed by atoms with Crippen LogP contribution in [0.25, 0.3) is 11.4 Å². The smallest absolute Gasteiger partial charge is 0.382 e. The summed E-state index contributed by atoms with van der Waals surface area (Å²) in [7, 11) is -1.54. The summed E-state index contributed by atoms with van der Waals surface area (Å²) < 4.78 is 67.7. The molecule has 0 unspecified atom stereocenters. The predicted molar refractivity (Wildman–Crippen MR) is 179 cm³/mol. The number of carbonyl (C=O) groups is 1. The highest BCUT2D eigenvalue weighted by Crippen LogP contribution is 2.33. The summed E-state index contributed by atoms with van der Waals surface area (Å²) in [6.45, 7) is 7.20.